The van der Waals surface area contributed by atoms with E-state index in [0.29, 0.717) is 6.04 Å². The second-order valence-corrected chi connectivity index (χ2v) is 5.30. The van der Waals surface area contributed by atoms with E-state index in [1.54, 1.807) is 0 Å². The van der Waals surface area contributed by atoms with Crippen LogP contribution >= 0.6 is 0 Å². The Labute approximate surface area is 95.1 Å². The van der Waals surface area contributed by atoms with Gasteiger partial charge in [0.05, 0.1) is 5.60 Å². The fraction of sp³-hybridized carbons (Fsp3) is 1.00. The lowest BCUT2D eigenvalue weighted by atomic mass is 10.0. The zero-order chi connectivity index (χ0) is 12.1. The number of hydrogen-bond donors (Lipinski definition) is 1. The van der Waals surface area contributed by atoms with Crippen molar-refractivity contribution in [1.82, 2.24) is 9.80 Å². The SMILES string of the molecule is CCN(CCC(C)(C)O)C(C)CN(C)C. The Morgan fingerprint density at radius 3 is 2.13 bits per heavy atom. The van der Waals surface area contributed by atoms with Crippen molar-refractivity contribution in [3.8, 4) is 0 Å². The molecule has 0 aliphatic carbocycles. The van der Waals surface area contributed by atoms with Crippen LogP contribution in [0, 0.1) is 0 Å². The Kier molecular flexibility index (Phi) is 6.41. The van der Waals surface area contributed by atoms with E-state index in [1.807, 2.05) is 13.8 Å². The van der Waals surface area contributed by atoms with E-state index in [0.717, 1.165) is 26.1 Å². The van der Waals surface area contributed by atoms with Crippen molar-refractivity contribution >= 4 is 0 Å². The lowest BCUT2D eigenvalue weighted by Gasteiger charge is -2.31. The van der Waals surface area contributed by atoms with Crippen LogP contribution in [0.5, 0.6) is 0 Å². The molecule has 3 heteroatoms. The third-order valence-corrected chi connectivity index (χ3v) is 2.67. The molecule has 0 radical (unpaired) electrons. The van der Waals surface area contributed by atoms with Gasteiger partial charge in [0.1, 0.15) is 0 Å². The molecule has 0 fully saturated rings. The van der Waals surface area contributed by atoms with Crippen LogP contribution in [0.15, 0.2) is 0 Å². The van der Waals surface area contributed by atoms with Gasteiger partial charge >= 0.3 is 0 Å². The molecular weight excluding hydrogens is 188 g/mol. The Hall–Kier alpha value is -0.120. The van der Waals surface area contributed by atoms with Crippen molar-refractivity contribution in [1.29, 1.82) is 0 Å². The first-order chi connectivity index (χ1) is 6.76. The molecule has 0 rings (SSSR count). The smallest absolute Gasteiger partial charge is 0.0603 e. The topological polar surface area (TPSA) is 26.7 Å². The van der Waals surface area contributed by atoms with E-state index < -0.39 is 5.60 Å². The summed E-state index contributed by atoms with van der Waals surface area (Å²) in [5, 5.41) is 9.69. The summed E-state index contributed by atoms with van der Waals surface area (Å²) in [7, 11) is 4.20. The summed E-state index contributed by atoms with van der Waals surface area (Å²) in [6.45, 7) is 11.2. The molecule has 1 N–H and O–H groups in total. The monoisotopic (exact) mass is 216 g/mol. The highest BCUT2D eigenvalue weighted by Crippen LogP contribution is 2.10. The fourth-order valence-electron chi connectivity index (χ4n) is 1.75. The van der Waals surface area contributed by atoms with Crippen LogP contribution < -0.4 is 0 Å². The van der Waals surface area contributed by atoms with Gasteiger partial charge in [-0.1, -0.05) is 6.92 Å². The van der Waals surface area contributed by atoms with Crippen molar-refractivity contribution in [2.45, 2.75) is 45.8 Å². The van der Waals surface area contributed by atoms with Crippen molar-refractivity contribution in [3.63, 3.8) is 0 Å². The molecule has 1 atom stereocenters. The molecule has 0 saturated carbocycles. The van der Waals surface area contributed by atoms with Crippen LogP contribution in [0.4, 0.5) is 0 Å². The molecule has 0 bridgehead atoms. The average Bonchev–Trinajstić information content (AvgIpc) is 2.01. The van der Waals surface area contributed by atoms with Crippen LogP contribution in [-0.2, 0) is 0 Å². The fourth-order valence-corrected chi connectivity index (χ4v) is 1.75. The van der Waals surface area contributed by atoms with Gasteiger partial charge in [-0.2, -0.15) is 0 Å². The van der Waals surface area contributed by atoms with Crippen LogP contribution in [-0.4, -0.2) is 60.3 Å². The second kappa shape index (κ2) is 6.46. The first-order valence-electron chi connectivity index (χ1n) is 5.87. The molecule has 0 heterocycles. The molecule has 0 aliphatic rings. The Morgan fingerprint density at radius 2 is 1.80 bits per heavy atom. The molecule has 0 aromatic rings. The Bertz CT molecular complexity index is 163. The summed E-state index contributed by atoms with van der Waals surface area (Å²) in [5.41, 5.74) is -0.550. The van der Waals surface area contributed by atoms with Gasteiger partial charge < -0.3 is 10.0 Å². The van der Waals surface area contributed by atoms with Gasteiger partial charge in [-0.05, 0) is 47.8 Å². The third kappa shape index (κ3) is 7.77. The molecule has 15 heavy (non-hydrogen) atoms. The van der Waals surface area contributed by atoms with Gasteiger partial charge in [0.25, 0.3) is 0 Å². The van der Waals surface area contributed by atoms with E-state index in [-0.39, 0.29) is 0 Å². The zero-order valence-corrected chi connectivity index (χ0v) is 11.2. The number of hydrogen-bond acceptors (Lipinski definition) is 3. The summed E-state index contributed by atoms with van der Waals surface area (Å²) >= 11 is 0. The van der Waals surface area contributed by atoms with Gasteiger partial charge in [0.15, 0.2) is 0 Å². The maximum atomic E-state index is 9.69. The Morgan fingerprint density at radius 1 is 1.27 bits per heavy atom. The van der Waals surface area contributed by atoms with Crippen LogP contribution in [0.25, 0.3) is 0 Å². The van der Waals surface area contributed by atoms with Gasteiger partial charge in [-0.3, -0.25) is 4.90 Å². The van der Waals surface area contributed by atoms with Gasteiger partial charge in [0.2, 0.25) is 0 Å². The van der Waals surface area contributed by atoms with E-state index in [1.165, 1.54) is 0 Å². The number of rotatable bonds is 7. The molecule has 0 aromatic heterocycles. The predicted molar refractivity (Wildman–Crippen MR) is 66.2 cm³/mol. The number of nitrogens with zero attached hydrogens (tertiary/aromatic N) is 2. The van der Waals surface area contributed by atoms with Crippen LogP contribution in [0.3, 0.4) is 0 Å². The van der Waals surface area contributed by atoms with E-state index in [4.69, 9.17) is 0 Å². The van der Waals surface area contributed by atoms with Crippen molar-refractivity contribution < 1.29 is 5.11 Å². The molecule has 3 nitrogen and oxygen atoms in total. The summed E-state index contributed by atoms with van der Waals surface area (Å²) < 4.78 is 0. The minimum absolute atomic E-state index is 0.548. The lowest BCUT2D eigenvalue weighted by Crippen LogP contribution is -2.42. The molecular formula is C12H28N2O. The summed E-state index contributed by atoms with van der Waals surface area (Å²) in [5.74, 6) is 0. The van der Waals surface area contributed by atoms with Gasteiger partial charge in [0, 0.05) is 19.1 Å². The van der Waals surface area contributed by atoms with E-state index in [9.17, 15) is 5.11 Å². The van der Waals surface area contributed by atoms with Crippen LogP contribution in [0.2, 0.25) is 0 Å². The highest BCUT2D eigenvalue weighted by atomic mass is 16.3. The maximum Gasteiger partial charge on any atom is 0.0603 e. The van der Waals surface area contributed by atoms with Crippen molar-refractivity contribution in [2.24, 2.45) is 0 Å². The van der Waals surface area contributed by atoms with Crippen molar-refractivity contribution in [2.75, 3.05) is 33.7 Å². The standard InChI is InChI=1S/C12H28N2O/c1-7-14(9-8-12(3,4)15)11(2)10-13(5)6/h11,15H,7-10H2,1-6H3. The Balaban J connectivity index is 4.01. The van der Waals surface area contributed by atoms with Gasteiger partial charge in [-0.25, -0.2) is 0 Å². The zero-order valence-electron chi connectivity index (χ0n) is 11.2. The molecule has 0 amide bonds. The van der Waals surface area contributed by atoms with E-state index in [2.05, 4.69) is 37.7 Å². The second-order valence-electron chi connectivity index (χ2n) is 5.30. The number of likely N-dealkylation sites (N-methyl/N-ethyl adjacent to an activating group) is 2. The molecule has 0 aliphatic heterocycles. The average molecular weight is 216 g/mol. The van der Waals surface area contributed by atoms with E-state index >= 15 is 0 Å². The van der Waals surface area contributed by atoms with Crippen LogP contribution in [0.1, 0.15) is 34.1 Å². The minimum atomic E-state index is -0.550. The first kappa shape index (κ1) is 14.9. The normalized spacial score (nSPS) is 15.0. The molecule has 0 saturated heterocycles. The largest absolute Gasteiger partial charge is 0.390 e. The predicted octanol–water partition coefficient (Wildman–Crippen LogP) is 1.42. The van der Waals surface area contributed by atoms with Crippen molar-refractivity contribution in [3.05, 3.63) is 0 Å². The minimum Gasteiger partial charge on any atom is -0.390 e. The lowest BCUT2D eigenvalue weighted by molar-refractivity contribution is 0.0509. The first-order valence-corrected chi connectivity index (χ1v) is 5.87. The summed E-state index contributed by atoms with van der Waals surface area (Å²) in [6.07, 6.45) is 0.832. The summed E-state index contributed by atoms with van der Waals surface area (Å²) in [4.78, 5) is 4.62. The number of aliphatic hydroxyl groups is 1. The molecule has 1 unspecified atom stereocenters. The molecule has 0 aromatic carbocycles. The molecule has 92 valence electrons. The third-order valence-electron chi connectivity index (χ3n) is 2.67. The highest BCUT2D eigenvalue weighted by molar-refractivity contribution is 4.73. The highest BCUT2D eigenvalue weighted by Gasteiger charge is 2.17. The van der Waals surface area contributed by atoms with Gasteiger partial charge in [-0.15, -0.1) is 0 Å². The quantitative estimate of drug-likeness (QED) is 0.697. The summed E-state index contributed by atoms with van der Waals surface area (Å²) in [6, 6.07) is 0.548. The molecule has 0 spiro atoms. The maximum absolute atomic E-state index is 9.69.